The third-order valence-corrected chi connectivity index (χ3v) is 3.88. The van der Waals surface area contributed by atoms with Crippen LogP contribution in [0.5, 0.6) is 5.88 Å². The number of aromatic nitrogens is 2. The summed E-state index contributed by atoms with van der Waals surface area (Å²) in [7, 11) is 3.61. The summed E-state index contributed by atoms with van der Waals surface area (Å²) in [4.78, 5) is 24.8. The second-order valence-electron chi connectivity index (χ2n) is 7.18. The van der Waals surface area contributed by atoms with Crippen LogP contribution in [0.15, 0.2) is 12.4 Å². The summed E-state index contributed by atoms with van der Waals surface area (Å²) in [5, 5.41) is 0. The Labute approximate surface area is 144 Å². The highest BCUT2D eigenvalue weighted by Gasteiger charge is 2.32. The van der Waals surface area contributed by atoms with E-state index < -0.39 is 5.60 Å². The molecule has 0 radical (unpaired) electrons. The van der Waals surface area contributed by atoms with E-state index in [-0.39, 0.29) is 12.1 Å². The molecule has 1 aliphatic rings. The van der Waals surface area contributed by atoms with Crippen molar-refractivity contribution in [2.45, 2.75) is 51.8 Å². The van der Waals surface area contributed by atoms with Crippen LogP contribution in [-0.2, 0) is 11.3 Å². The summed E-state index contributed by atoms with van der Waals surface area (Å²) in [6.07, 6.45) is 5.04. The van der Waals surface area contributed by atoms with Crippen molar-refractivity contribution < 1.29 is 14.3 Å². The SMILES string of the molecule is COc1nccnc1CN(C)C[C@@H]1CCCN1C(=O)OC(C)(C)C. The van der Waals surface area contributed by atoms with E-state index in [9.17, 15) is 4.79 Å². The number of carbonyl (C=O) groups excluding carboxylic acids is 1. The minimum absolute atomic E-state index is 0.160. The van der Waals surface area contributed by atoms with Crippen molar-refractivity contribution in [2.24, 2.45) is 0 Å². The molecule has 134 valence electrons. The average Bonchev–Trinajstić information content (AvgIpc) is 2.94. The zero-order valence-electron chi connectivity index (χ0n) is 15.3. The molecule has 1 fully saturated rings. The number of rotatable bonds is 5. The molecule has 1 saturated heterocycles. The summed E-state index contributed by atoms with van der Waals surface area (Å²) in [5.74, 6) is 0.541. The molecule has 1 aromatic rings. The Morgan fingerprint density at radius 1 is 1.38 bits per heavy atom. The number of methoxy groups -OCH3 is 1. The Hall–Kier alpha value is -1.89. The molecule has 1 amide bonds. The van der Waals surface area contributed by atoms with E-state index in [1.807, 2.05) is 32.7 Å². The molecule has 7 heteroatoms. The second-order valence-corrected chi connectivity index (χ2v) is 7.18. The van der Waals surface area contributed by atoms with E-state index in [4.69, 9.17) is 9.47 Å². The third kappa shape index (κ3) is 5.06. The van der Waals surface area contributed by atoms with Gasteiger partial charge >= 0.3 is 6.09 Å². The zero-order chi connectivity index (χ0) is 17.7. The summed E-state index contributed by atoms with van der Waals surface area (Å²) in [5.41, 5.74) is 0.327. The van der Waals surface area contributed by atoms with Gasteiger partial charge in [-0.3, -0.25) is 9.88 Å². The first-order valence-corrected chi connectivity index (χ1v) is 8.32. The summed E-state index contributed by atoms with van der Waals surface area (Å²) < 4.78 is 10.8. The number of ether oxygens (including phenoxy) is 2. The maximum Gasteiger partial charge on any atom is 0.410 e. The Morgan fingerprint density at radius 2 is 2.08 bits per heavy atom. The van der Waals surface area contributed by atoms with Crippen LogP contribution >= 0.6 is 0 Å². The molecule has 0 unspecified atom stereocenters. The molecule has 7 nitrogen and oxygen atoms in total. The Bertz CT molecular complexity index is 559. The smallest absolute Gasteiger partial charge is 0.410 e. The average molecular weight is 336 g/mol. The molecule has 0 saturated carbocycles. The first kappa shape index (κ1) is 18.4. The van der Waals surface area contributed by atoms with Gasteiger partial charge in [0.2, 0.25) is 5.88 Å². The van der Waals surface area contributed by atoms with E-state index >= 15 is 0 Å². The normalized spacial score (nSPS) is 18.1. The molecule has 1 aliphatic heterocycles. The number of likely N-dealkylation sites (tertiary alicyclic amines) is 1. The van der Waals surface area contributed by atoms with Crippen molar-refractivity contribution in [1.82, 2.24) is 19.8 Å². The quantitative estimate of drug-likeness (QED) is 0.822. The maximum absolute atomic E-state index is 12.4. The fraction of sp³-hybridized carbons (Fsp3) is 0.706. The van der Waals surface area contributed by atoms with Crippen LogP contribution in [0.25, 0.3) is 0 Å². The molecule has 2 rings (SSSR count). The van der Waals surface area contributed by atoms with E-state index in [1.54, 1.807) is 19.5 Å². The molecule has 24 heavy (non-hydrogen) atoms. The van der Waals surface area contributed by atoms with Crippen molar-refractivity contribution in [3.8, 4) is 5.88 Å². The standard InChI is InChI=1S/C17H28N4O3/c1-17(2,3)24-16(22)21-10-6-7-13(21)11-20(4)12-14-15(23-5)19-9-8-18-14/h8-9,13H,6-7,10-12H2,1-5H3/t13-/m0/s1. The van der Waals surface area contributed by atoms with Crippen LogP contribution in [-0.4, -0.2) is 64.8 Å². The van der Waals surface area contributed by atoms with Gasteiger partial charge in [-0.2, -0.15) is 0 Å². The highest BCUT2D eigenvalue weighted by molar-refractivity contribution is 5.69. The van der Waals surface area contributed by atoms with Crippen LogP contribution in [0.4, 0.5) is 4.79 Å². The van der Waals surface area contributed by atoms with Gasteiger partial charge in [0.25, 0.3) is 0 Å². The van der Waals surface area contributed by atoms with Gasteiger partial charge in [-0.1, -0.05) is 0 Å². The lowest BCUT2D eigenvalue weighted by Gasteiger charge is -2.30. The topological polar surface area (TPSA) is 67.8 Å². The minimum atomic E-state index is -0.469. The lowest BCUT2D eigenvalue weighted by molar-refractivity contribution is 0.0201. The third-order valence-electron chi connectivity index (χ3n) is 3.88. The van der Waals surface area contributed by atoms with Crippen LogP contribution in [0, 0.1) is 0 Å². The molecule has 1 atom stereocenters. The maximum atomic E-state index is 12.4. The summed E-state index contributed by atoms with van der Waals surface area (Å²) in [6, 6.07) is 0.160. The van der Waals surface area contributed by atoms with Crippen LogP contribution in [0.3, 0.4) is 0 Å². The predicted octanol–water partition coefficient (Wildman–Crippen LogP) is 2.32. The number of hydrogen-bond acceptors (Lipinski definition) is 6. The van der Waals surface area contributed by atoms with E-state index in [0.29, 0.717) is 12.4 Å². The van der Waals surface area contributed by atoms with Crippen molar-refractivity contribution in [3.63, 3.8) is 0 Å². The molecular weight excluding hydrogens is 308 g/mol. The van der Waals surface area contributed by atoms with Crippen LogP contribution < -0.4 is 4.74 Å². The molecule has 0 aliphatic carbocycles. The number of carbonyl (C=O) groups is 1. The molecule has 2 heterocycles. The zero-order valence-corrected chi connectivity index (χ0v) is 15.3. The number of amides is 1. The highest BCUT2D eigenvalue weighted by Crippen LogP contribution is 2.22. The predicted molar refractivity (Wildman–Crippen MR) is 90.9 cm³/mol. The lowest BCUT2D eigenvalue weighted by atomic mass is 10.2. The van der Waals surface area contributed by atoms with E-state index in [0.717, 1.165) is 31.6 Å². The van der Waals surface area contributed by atoms with Crippen molar-refractivity contribution in [3.05, 3.63) is 18.1 Å². The fourth-order valence-corrected chi connectivity index (χ4v) is 2.90. The molecule has 0 bridgehead atoms. The molecule has 0 N–H and O–H groups in total. The first-order chi connectivity index (χ1) is 11.3. The molecule has 0 spiro atoms. The van der Waals surface area contributed by atoms with Gasteiger partial charge in [-0.25, -0.2) is 9.78 Å². The summed E-state index contributed by atoms with van der Waals surface area (Å²) in [6.45, 7) is 7.81. The summed E-state index contributed by atoms with van der Waals surface area (Å²) >= 11 is 0. The van der Waals surface area contributed by atoms with Gasteiger partial charge in [0.1, 0.15) is 11.3 Å². The molecule has 1 aromatic heterocycles. The Morgan fingerprint density at radius 3 is 2.75 bits per heavy atom. The van der Waals surface area contributed by atoms with Gasteiger partial charge in [0.05, 0.1) is 7.11 Å². The van der Waals surface area contributed by atoms with Crippen molar-refractivity contribution >= 4 is 6.09 Å². The van der Waals surface area contributed by atoms with Crippen molar-refractivity contribution in [1.29, 1.82) is 0 Å². The number of hydrogen-bond donors (Lipinski definition) is 0. The Balaban J connectivity index is 1.95. The van der Waals surface area contributed by atoms with Gasteiger partial charge < -0.3 is 14.4 Å². The largest absolute Gasteiger partial charge is 0.480 e. The van der Waals surface area contributed by atoms with Gasteiger partial charge in [-0.15, -0.1) is 0 Å². The lowest BCUT2D eigenvalue weighted by Crippen LogP contribution is -2.44. The number of likely N-dealkylation sites (N-methyl/N-ethyl adjacent to an activating group) is 1. The molecule has 0 aromatic carbocycles. The van der Waals surface area contributed by atoms with Gasteiger partial charge in [0, 0.05) is 38.1 Å². The van der Waals surface area contributed by atoms with Crippen LogP contribution in [0.2, 0.25) is 0 Å². The second kappa shape index (κ2) is 7.79. The van der Waals surface area contributed by atoms with Crippen molar-refractivity contribution in [2.75, 3.05) is 27.2 Å². The van der Waals surface area contributed by atoms with E-state index in [1.165, 1.54) is 0 Å². The monoisotopic (exact) mass is 336 g/mol. The van der Waals surface area contributed by atoms with Gasteiger partial charge in [0.15, 0.2) is 0 Å². The number of nitrogens with zero attached hydrogens (tertiary/aromatic N) is 4. The molecular formula is C17H28N4O3. The van der Waals surface area contributed by atoms with Crippen LogP contribution in [0.1, 0.15) is 39.3 Å². The Kier molecular flexibility index (Phi) is 5.99. The fourth-order valence-electron chi connectivity index (χ4n) is 2.90. The first-order valence-electron chi connectivity index (χ1n) is 8.32. The van der Waals surface area contributed by atoms with E-state index in [2.05, 4.69) is 14.9 Å². The highest BCUT2D eigenvalue weighted by atomic mass is 16.6. The minimum Gasteiger partial charge on any atom is -0.480 e. The van der Waals surface area contributed by atoms with Gasteiger partial charge in [-0.05, 0) is 40.7 Å².